The summed E-state index contributed by atoms with van der Waals surface area (Å²) in [7, 11) is 1.44. The van der Waals surface area contributed by atoms with Gasteiger partial charge in [0.25, 0.3) is 0 Å². The number of hydrogen-bond donors (Lipinski definition) is 1. The summed E-state index contributed by atoms with van der Waals surface area (Å²) in [6, 6.07) is 12.6. The van der Waals surface area contributed by atoms with Gasteiger partial charge in [0.05, 0.1) is 18.2 Å². The Morgan fingerprint density at radius 1 is 1.22 bits per heavy atom. The van der Waals surface area contributed by atoms with Crippen molar-refractivity contribution < 1.29 is 18.3 Å². The number of nitrogens with two attached hydrogens (primary N) is 1. The molecule has 1 heterocycles. The molecule has 10 heteroatoms. The molecule has 194 valence electrons. The molecule has 0 saturated heterocycles. The summed E-state index contributed by atoms with van der Waals surface area (Å²) >= 11 is 6.13. The summed E-state index contributed by atoms with van der Waals surface area (Å²) in [6.07, 6.45) is 0.262. The third-order valence-electron chi connectivity index (χ3n) is 5.80. The van der Waals surface area contributed by atoms with Crippen LogP contribution in [0.2, 0.25) is 5.02 Å². The lowest BCUT2D eigenvalue weighted by atomic mass is 10.00. The van der Waals surface area contributed by atoms with E-state index in [1.54, 1.807) is 9.58 Å². The van der Waals surface area contributed by atoms with Gasteiger partial charge in [0.2, 0.25) is 5.91 Å². The number of aromatic nitrogens is 3. The number of nitrogens with zero attached hydrogens (tertiary/aromatic N) is 4. The first kappa shape index (κ1) is 27.7. The number of hydrogen-bond acceptors (Lipinski definition) is 5. The Morgan fingerprint density at radius 2 is 1.94 bits per heavy atom. The molecule has 0 spiro atoms. The number of amides is 1. The minimum atomic E-state index is -0.700. The molecule has 0 fully saturated rings. The highest BCUT2D eigenvalue weighted by atomic mass is 35.5. The fourth-order valence-electron chi connectivity index (χ4n) is 4.03. The smallest absolute Gasteiger partial charge is 0.249 e. The first-order chi connectivity index (χ1) is 17.2. The monoisotopic (exact) mass is 519 g/mol. The van der Waals surface area contributed by atoms with Crippen LogP contribution in [0.5, 0.6) is 0 Å². The molecule has 0 saturated carbocycles. The Labute approximate surface area is 215 Å². The molecular weight excluding hydrogens is 488 g/mol. The zero-order valence-corrected chi connectivity index (χ0v) is 21.5. The summed E-state index contributed by atoms with van der Waals surface area (Å²) in [5, 5.41) is 4.98. The zero-order valence-electron chi connectivity index (χ0n) is 20.7. The van der Waals surface area contributed by atoms with Crippen LogP contribution in [0, 0.1) is 11.7 Å². The maximum atomic E-state index is 14.7. The quantitative estimate of drug-likeness (QED) is 0.376. The number of benzene rings is 2. The second-order valence-electron chi connectivity index (χ2n) is 8.97. The topological polar surface area (TPSA) is 86.3 Å². The molecule has 0 bridgehead atoms. The van der Waals surface area contributed by atoms with Gasteiger partial charge in [-0.25, -0.2) is 18.4 Å². The van der Waals surface area contributed by atoms with Gasteiger partial charge in [0.1, 0.15) is 19.1 Å². The molecule has 2 N–H and O–H groups in total. The van der Waals surface area contributed by atoms with Gasteiger partial charge in [-0.15, -0.1) is 0 Å². The van der Waals surface area contributed by atoms with E-state index in [9.17, 15) is 13.6 Å². The van der Waals surface area contributed by atoms with Gasteiger partial charge in [0, 0.05) is 24.7 Å². The van der Waals surface area contributed by atoms with Crippen molar-refractivity contribution in [2.45, 2.75) is 38.9 Å². The van der Waals surface area contributed by atoms with Crippen LogP contribution < -0.4 is 5.73 Å². The number of carbonyl (C=O) groups is 1. The summed E-state index contributed by atoms with van der Waals surface area (Å²) < 4.78 is 34.6. The van der Waals surface area contributed by atoms with Gasteiger partial charge in [-0.05, 0) is 36.1 Å². The van der Waals surface area contributed by atoms with Crippen molar-refractivity contribution in [3.05, 3.63) is 70.8 Å². The highest BCUT2D eigenvalue weighted by Crippen LogP contribution is 2.32. The first-order valence-electron chi connectivity index (χ1n) is 11.8. The number of alkyl halides is 1. The van der Waals surface area contributed by atoms with Crippen LogP contribution in [0.25, 0.3) is 11.4 Å². The second kappa shape index (κ2) is 12.9. The zero-order chi connectivity index (χ0) is 26.2. The van der Waals surface area contributed by atoms with E-state index in [1.807, 2.05) is 44.2 Å². The molecule has 36 heavy (non-hydrogen) atoms. The molecule has 2 unspecified atom stereocenters. The van der Waals surface area contributed by atoms with Crippen molar-refractivity contribution in [2.24, 2.45) is 11.7 Å². The molecule has 0 aliphatic heterocycles. The summed E-state index contributed by atoms with van der Waals surface area (Å²) in [5.74, 6) is -0.270. The van der Waals surface area contributed by atoms with Crippen molar-refractivity contribution in [3.63, 3.8) is 0 Å². The number of rotatable bonds is 12. The van der Waals surface area contributed by atoms with E-state index < -0.39 is 24.6 Å². The SMILES string of the molecule is COCC(=O)N(CCC(N)CF)C(c1nc(-c2cc(Cl)ccc2F)nn1Cc1ccccc1)C(C)C. The lowest BCUT2D eigenvalue weighted by Gasteiger charge is -2.34. The molecule has 2 aromatic carbocycles. The van der Waals surface area contributed by atoms with Gasteiger partial charge >= 0.3 is 0 Å². The maximum Gasteiger partial charge on any atom is 0.249 e. The molecule has 0 aliphatic rings. The van der Waals surface area contributed by atoms with Crippen LogP contribution in [0.1, 0.15) is 37.7 Å². The molecule has 3 aromatic rings. The predicted octanol–water partition coefficient (Wildman–Crippen LogP) is 4.64. The van der Waals surface area contributed by atoms with Crippen LogP contribution in [0.4, 0.5) is 8.78 Å². The van der Waals surface area contributed by atoms with Gasteiger partial charge < -0.3 is 15.4 Å². The van der Waals surface area contributed by atoms with E-state index in [2.05, 4.69) is 5.10 Å². The molecule has 1 aromatic heterocycles. The molecule has 2 atom stereocenters. The third kappa shape index (κ3) is 6.87. The predicted molar refractivity (Wildman–Crippen MR) is 136 cm³/mol. The highest BCUT2D eigenvalue weighted by molar-refractivity contribution is 6.30. The molecule has 7 nitrogen and oxygen atoms in total. The lowest BCUT2D eigenvalue weighted by molar-refractivity contribution is -0.139. The average molecular weight is 520 g/mol. The Bertz CT molecular complexity index is 1140. The van der Waals surface area contributed by atoms with Crippen molar-refractivity contribution in [1.29, 1.82) is 0 Å². The fourth-order valence-corrected chi connectivity index (χ4v) is 4.21. The first-order valence-corrected chi connectivity index (χ1v) is 12.2. The maximum absolute atomic E-state index is 14.7. The molecule has 3 rings (SSSR count). The number of carbonyl (C=O) groups excluding carboxylic acids is 1. The number of halogens is 3. The van der Waals surface area contributed by atoms with E-state index in [-0.39, 0.29) is 42.8 Å². The molecular formula is C26H32ClF2N5O2. The highest BCUT2D eigenvalue weighted by Gasteiger charge is 2.33. The van der Waals surface area contributed by atoms with E-state index >= 15 is 0 Å². The Kier molecular flexibility index (Phi) is 9.92. The fraction of sp³-hybridized carbons (Fsp3) is 0.423. The number of methoxy groups -OCH3 is 1. The summed E-state index contributed by atoms with van der Waals surface area (Å²) in [6.45, 7) is 3.61. The Balaban J connectivity index is 2.13. The lowest BCUT2D eigenvalue weighted by Crippen LogP contribution is -2.43. The van der Waals surface area contributed by atoms with Crippen molar-refractivity contribution in [2.75, 3.05) is 26.9 Å². The summed E-state index contributed by atoms with van der Waals surface area (Å²) in [5.41, 5.74) is 6.94. The third-order valence-corrected chi connectivity index (χ3v) is 6.04. The Hall–Kier alpha value is -2.88. The Morgan fingerprint density at radius 3 is 2.58 bits per heavy atom. The van der Waals surface area contributed by atoms with E-state index in [4.69, 9.17) is 27.1 Å². The van der Waals surface area contributed by atoms with Crippen LogP contribution in [-0.4, -0.2) is 58.5 Å². The standard InChI is InChI=1S/C26H32ClF2N5O2/c1-17(2)24(33(23(35)16-36-3)12-11-20(30)14-28)26-31-25(21-13-19(27)9-10-22(21)29)32-34(26)15-18-7-5-4-6-8-18/h4-10,13,17,20,24H,11-12,14-16,30H2,1-3H3. The van der Waals surface area contributed by atoms with Gasteiger partial charge in [-0.2, -0.15) is 5.10 Å². The van der Waals surface area contributed by atoms with Crippen molar-refractivity contribution in [3.8, 4) is 11.4 Å². The van der Waals surface area contributed by atoms with Crippen LogP contribution >= 0.6 is 11.6 Å². The molecule has 0 radical (unpaired) electrons. The van der Waals surface area contributed by atoms with Crippen LogP contribution in [0.3, 0.4) is 0 Å². The minimum absolute atomic E-state index is 0.108. The normalized spacial score (nSPS) is 13.1. The van der Waals surface area contributed by atoms with Gasteiger partial charge in [-0.3, -0.25) is 4.79 Å². The van der Waals surface area contributed by atoms with Crippen LogP contribution in [0.15, 0.2) is 48.5 Å². The number of ether oxygens (including phenoxy) is 1. The minimum Gasteiger partial charge on any atom is -0.375 e. The molecule has 1 amide bonds. The second-order valence-corrected chi connectivity index (χ2v) is 9.41. The van der Waals surface area contributed by atoms with Gasteiger partial charge in [-0.1, -0.05) is 55.8 Å². The largest absolute Gasteiger partial charge is 0.375 e. The van der Waals surface area contributed by atoms with Crippen molar-refractivity contribution in [1.82, 2.24) is 19.7 Å². The average Bonchev–Trinajstić information content (AvgIpc) is 3.26. The van der Waals surface area contributed by atoms with E-state index in [1.165, 1.54) is 25.3 Å². The van der Waals surface area contributed by atoms with Crippen molar-refractivity contribution >= 4 is 17.5 Å². The van der Waals surface area contributed by atoms with E-state index in [0.717, 1.165) is 5.56 Å². The summed E-state index contributed by atoms with van der Waals surface area (Å²) in [4.78, 5) is 19.5. The van der Waals surface area contributed by atoms with E-state index in [0.29, 0.717) is 17.4 Å². The van der Waals surface area contributed by atoms with Crippen LogP contribution in [-0.2, 0) is 16.1 Å². The van der Waals surface area contributed by atoms with Gasteiger partial charge in [0.15, 0.2) is 11.6 Å². The molecule has 0 aliphatic carbocycles.